The highest BCUT2D eigenvalue weighted by molar-refractivity contribution is 6.29. The predicted octanol–water partition coefficient (Wildman–Crippen LogP) is 3.01. The largest absolute Gasteiger partial charge is 0.410 e. The van der Waals surface area contributed by atoms with Crippen LogP contribution >= 0.6 is 11.6 Å². The van der Waals surface area contributed by atoms with Crippen molar-refractivity contribution in [3.05, 3.63) is 45.7 Å². The summed E-state index contributed by atoms with van der Waals surface area (Å²) < 4.78 is 62.8. The van der Waals surface area contributed by atoms with Gasteiger partial charge in [-0.05, 0) is 13.0 Å². The van der Waals surface area contributed by atoms with Gasteiger partial charge in [0.05, 0.1) is 34.0 Å². The van der Waals surface area contributed by atoms with E-state index in [4.69, 9.17) is 15.7 Å². The maximum Gasteiger partial charge on any atom is 0.410 e. The van der Waals surface area contributed by atoms with Crippen LogP contribution < -0.4 is 16.2 Å². The van der Waals surface area contributed by atoms with Crippen molar-refractivity contribution in [1.82, 2.24) is 24.6 Å². The van der Waals surface area contributed by atoms with Crippen molar-refractivity contribution >= 4 is 39.8 Å². The van der Waals surface area contributed by atoms with Crippen LogP contribution in [0, 0.1) is 0 Å². The van der Waals surface area contributed by atoms with Gasteiger partial charge < -0.3 is 15.2 Å². The lowest BCUT2D eigenvalue weighted by atomic mass is 10.2. The van der Waals surface area contributed by atoms with E-state index in [1.807, 2.05) is 5.32 Å². The van der Waals surface area contributed by atoms with Gasteiger partial charge in [0.15, 0.2) is 0 Å². The van der Waals surface area contributed by atoms with E-state index in [-0.39, 0.29) is 33.0 Å². The van der Waals surface area contributed by atoms with E-state index >= 15 is 0 Å². The van der Waals surface area contributed by atoms with Gasteiger partial charge in [0, 0.05) is 30.5 Å². The number of alkyl halides is 3. The van der Waals surface area contributed by atoms with E-state index in [2.05, 4.69) is 15.4 Å². The number of pyridine rings is 1. The molecule has 0 radical (unpaired) electrons. The van der Waals surface area contributed by atoms with E-state index in [0.717, 1.165) is 19.3 Å². The molecule has 3 aromatic rings. The van der Waals surface area contributed by atoms with Crippen molar-refractivity contribution in [2.75, 3.05) is 12.3 Å². The first-order chi connectivity index (χ1) is 14.7. The second-order valence-corrected chi connectivity index (χ2v) is 6.54. The van der Waals surface area contributed by atoms with E-state index in [1.165, 1.54) is 16.8 Å². The summed E-state index contributed by atoms with van der Waals surface area (Å²) in [5.74, 6) is -0.998. The average molecular weight is 432 g/mol. The molecule has 0 aliphatic carbocycles. The molecule has 1 atom stereocenters. The van der Waals surface area contributed by atoms with Crippen LogP contribution in [0.3, 0.4) is 0 Å². The molecular weight excluding hydrogens is 413 g/mol. The maximum absolute atomic E-state index is 13.2. The number of hydrogen-bond donors (Lipinski definition) is 2. The topological polar surface area (TPSA) is 93.8 Å². The number of carbonyl (C=O) groups is 1. The molecule has 1 unspecified atom stereocenters. The standard InChI is InChI=1S/C17H16ClF3N6O2/c1-8(17(19,20)21)27-16(29)14-11(7-26(3)12(14)6-24-27)25-10-4-13(18)23-5-9(10)15(28)22-2/h4-8H,1-3H3,(H,22,28)(H,23,25)/i2D3. The molecule has 8 nitrogen and oxygen atoms in total. The van der Waals surface area contributed by atoms with E-state index in [9.17, 15) is 22.8 Å². The molecule has 1 amide bonds. The second kappa shape index (κ2) is 7.39. The predicted molar refractivity (Wildman–Crippen MR) is 102 cm³/mol. The van der Waals surface area contributed by atoms with Crippen molar-refractivity contribution < 1.29 is 22.1 Å². The highest BCUT2D eigenvalue weighted by Crippen LogP contribution is 2.31. The second-order valence-electron chi connectivity index (χ2n) is 6.16. The molecule has 3 aromatic heterocycles. The fourth-order valence-electron chi connectivity index (χ4n) is 2.74. The Balaban J connectivity index is 2.14. The summed E-state index contributed by atoms with van der Waals surface area (Å²) in [7, 11) is 1.55. The third-order valence-corrected chi connectivity index (χ3v) is 4.50. The molecule has 12 heteroatoms. The highest BCUT2D eigenvalue weighted by Gasteiger charge is 2.39. The molecule has 0 aromatic carbocycles. The van der Waals surface area contributed by atoms with Gasteiger partial charge in [-0.1, -0.05) is 11.6 Å². The first-order valence-electron chi connectivity index (χ1n) is 9.57. The zero-order valence-electron chi connectivity index (χ0n) is 18.0. The Morgan fingerprint density at radius 3 is 2.72 bits per heavy atom. The number of aromatic nitrogens is 4. The lowest BCUT2D eigenvalue weighted by molar-refractivity contribution is -0.166. The van der Waals surface area contributed by atoms with Crippen LogP contribution in [0.25, 0.3) is 10.9 Å². The molecule has 0 spiro atoms. The molecular formula is C17H16ClF3N6O2. The number of carbonyl (C=O) groups excluding carboxylic acids is 1. The first kappa shape index (κ1) is 16.8. The molecule has 154 valence electrons. The van der Waals surface area contributed by atoms with Crippen molar-refractivity contribution in [1.29, 1.82) is 0 Å². The Morgan fingerprint density at radius 2 is 2.07 bits per heavy atom. The lowest BCUT2D eigenvalue weighted by Crippen LogP contribution is -2.34. The van der Waals surface area contributed by atoms with Gasteiger partial charge in [-0.3, -0.25) is 9.59 Å². The molecule has 0 saturated heterocycles. The number of hydrogen-bond acceptors (Lipinski definition) is 5. The number of amides is 1. The van der Waals surface area contributed by atoms with Gasteiger partial charge in [0.2, 0.25) is 0 Å². The quantitative estimate of drug-likeness (QED) is 0.619. The number of fused-ring (bicyclic) bond motifs is 1. The smallest absolute Gasteiger partial charge is 0.355 e. The number of halogens is 4. The number of nitrogens with zero attached hydrogens (tertiary/aromatic N) is 4. The average Bonchev–Trinajstić information content (AvgIpc) is 2.95. The minimum absolute atomic E-state index is 0.00844. The number of nitrogens with one attached hydrogen (secondary N) is 2. The Bertz CT molecular complexity index is 1260. The molecule has 29 heavy (non-hydrogen) atoms. The van der Waals surface area contributed by atoms with Gasteiger partial charge >= 0.3 is 6.18 Å². The molecule has 2 N–H and O–H groups in total. The minimum Gasteiger partial charge on any atom is -0.355 e. The normalized spacial score (nSPS) is 14.8. The summed E-state index contributed by atoms with van der Waals surface area (Å²) >= 11 is 5.89. The molecule has 3 heterocycles. The van der Waals surface area contributed by atoms with Crippen LogP contribution in [-0.2, 0) is 7.05 Å². The van der Waals surface area contributed by atoms with Gasteiger partial charge in [-0.15, -0.1) is 0 Å². The summed E-state index contributed by atoms with van der Waals surface area (Å²) in [6.45, 7) is -1.98. The van der Waals surface area contributed by atoms with Crippen molar-refractivity contribution in [3.63, 3.8) is 0 Å². The number of anilines is 2. The van der Waals surface area contributed by atoms with Crippen LogP contribution in [0.15, 0.2) is 29.5 Å². The van der Waals surface area contributed by atoms with Gasteiger partial charge in [0.25, 0.3) is 11.5 Å². The van der Waals surface area contributed by atoms with Crippen LogP contribution in [0.1, 0.15) is 27.4 Å². The molecule has 3 rings (SSSR count). The fourth-order valence-corrected chi connectivity index (χ4v) is 2.90. The number of aryl methyl sites for hydroxylation is 1. The summed E-state index contributed by atoms with van der Waals surface area (Å²) in [5, 5.41) is 8.05. The minimum atomic E-state index is -4.70. The summed E-state index contributed by atoms with van der Waals surface area (Å²) in [5.41, 5.74) is -0.935. The molecule has 0 saturated carbocycles. The molecule has 0 aliphatic rings. The molecule has 0 bridgehead atoms. The van der Waals surface area contributed by atoms with E-state index in [1.54, 1.807) is 7.05 Å². The fraction of sp³-hybridized carbons (Fsp3) is 0.294. The van der Waals surface area contributed by atoms with Gasteiger partial charge in [-0.25, -0.2) is 9.67 Å². The van der Waals surface area contributed by atoms with Crippen molar-refractivity contribution in [2.24, 2.45) is 7.05 Å². The monoisotopic (exact) mass is 431 g/mol. The summed E-state index contributed by atoms with van der Waals surface area (Å²) in [4.78, 5) is 29.0. The lowest BCUT2D eigenvalue weighted by Gasteiger charge is -2.17. The third-order valence-electron chi connectivity index (χ3n) is 4.29. The summed E-state index contributed by atoms with van der Waals surface area (Å²) in [6, 6.07) is -0.962. The van der Waals surface area contributed by atoms with E-state index in [0.29, 0.717) is 4.68 Å². The van der Waals surface area contributed by atoms with Crippen molar-refractivity contribution in [3.8, 4) is 0 Å². The SMILES string of the molecule is [2H]C([2H])([2H])NC(=O)c1cnc(Cl)cc1Nc1cn(C)c2cnn(C(C)C(F)(F)F)c(=O)c12. The highest BCUT2D eigenvalue weighted by atomic mass is 35.5. The Labute approximate surface area is 171 Å². The Morgan fingerprint density at radius 1 is 1.34 bits per heavy atom. The molecule has 0 fully saturated rings. The van der Waals surface area contributed by atoms with Gasteiger partial charge in [-0.2, -0.15) is 18.3 Å². The van der Waals surface area contributed by atoms with Crippen LogP contribution in [0.4, 0.5) is 24.5 Å². The van der Waals surface area contributed by atoms with E-state index < -0.39 is 30.7 Å². The number of rotatable bonds is 4. The van der Waals surface area contributed by atoms with Crippen LogP contribution in [-0.4, -0.2) is 38.4 Å². The summed E-state index contributed by atoms with van der Waals surface area (Å²) in [6.07, 6.45) is -1.14. The Kier molecular flexibility index (Phi) is 4.29. The zero-order chi connectivity index (χ0) is 24.0. The third kappa shape index (κ3) is 3.77. The van der Waals surface area contributed by atoms with Gasteiger partial charge in [0.1, 0.15) is 11.2 Å². The molecule has 0 aliphatic heterocycles. The van der Waals surface area contributed by atoms with Crippen LogP contribution in [0.2, 0.25) is 5.15 Å². The first-order valence-corrected chi connectivity index (χ1v) is 8.45. The van der Waals surface area contributed by atoms with Crippen molar-refractivity contribution in [2.45, 2.75) is 19.1 Å². The van der Waals surface area contributed by atoms with Crippen LogP contribution in [0.5, 0.6) is 0 Å². The zero-order valence-corrected chi connectivity index (χ0v) is 15.8. The maximum atomic E-state index is 13.2. The Hall–Kier alpha value is -3.08.